The Morgan fingerprint density at radius 1 is 0.706 bits per heavy atom. The molecule has 0 radical (unpaired) electrons. The monoisotopic (exact) mass is 486 g/mol. The van der Waals surface area contributed by atoms with E-state index in [4.69, 9.17) is 14.6 Å². The highest BCUT2D eigenvalue weighted by molar-refractivity contribution is 5.69. The second-order valence-corrected chi connectivity index (χ2v) is 10.2. The fourth-order valence-electron chi connectivity index (χ4n) is 4.70. The SMILES string of the molecule is CCCCCCCCCCCCCCCCCCCCCC(=O)O[C@@H]1CO[C@H](CO)[C@@H](O)[C@@H]1O. The molecule has 1 heterocycles. The first-order chi connectivity index (χ1) is 16.6. The highest BCUT2D eigenvalue weighted by Gasteiger charge is 2.40. The van der Waals surface area contributed by atoms with E-state index in [9.17, 15) is 15.0 Å². The van der Waals surface area contributed by atoms with Crippen molar-refractivity contribution in [1.29, 1.82) is 0 Å². The van der Waals surface area contributed by atoms with E-state index < -0.39 is 24.4 Å². The lowest BCUT2D eigenvalue weighted by Crippen LogP contribution is -2.55. The van der Waals surface area contributed by atoms with Crippen molar-refractivity contribution >= 4 is 5.97 Å². The average Bonchev–Trinajstić information content (AvgIpc) is 2.83. The molecular weight excluding hydrogens is 432 g/mol. The van der Waals surface area contributed by atoms with Crippen molar-refractivity contribution < 1.29 is 29.6 Å². The lowest BCUT2D eigenvalue weighted by Gasteiger charge is -2.36. The van der Waals surface area contributed by atoms with Crippen molar-refractivity contribution in [1.82, 2.24) is 0 Å². The normalized spacial score (nSPS) is 22.7. The largest absolute Gasteiger partial charge is 0.457 e. The Morgan fingerprint density at radius 2 is 1.12 bits per heavy atom. The molecule has 1 fully saturated rings. The Bertz CT molecular complexity index is 472. The number of rotatable bonds is 22. The number of ether oxygens (including phenoxy) is 2. The molecule has 0 aromatic carbocycles. The van der Waals surface area contributed by atoms with Crippen LogP contribution in [0.2, 0.25) is 0 Å². The maximum atomic E-state index is 12.0. The molecule has 34 heavy (non-hydrogen) atoms. The van der Waals surface area contributed by atoms with E-state index in [1.165, 1.54) is 103 Å². The van der Waals surface area contributed by atoms with E-state index in [2.05, 4.69) is 6.92 Å². The van der Waals surface area contributed by atoms with Crippen LogP contribution in [-0.4, -0.2) is 58.9 Å². The van der Waals surface area contributed by atoms with Gasteiger partial charge < -0.3 is 24.8 Å². The summed E-state index contributed by atoms with van der Waals surface area (Å²) in [5, 5.41) is 28.9. The Labute approximate surface area is 208 Å². The minimum absolute atomic E-state index is 0.00557. The summed E-state index contributed by atoms with van der Waals surface area (Å²) in [6, 6.07) is 0. The van der Waals surface area contributed by atoms with Crippen LogP contribution in [-0.2, 0) is 14.3 Å². The molecule has 6 nitrogen and oxygen atoms in total. The van der Waals surface area contributed by atoms with Gasteiger partial charge >= 0.3 is 5.97 Å². The van der Waals surface area contributed by atoms with Gasteiger partial charge in [0.2, 0.25) is 0 Å². The van der Waals surface area contributed by atoms with E-state index in [-0.39, 0.29) is 19.2 Å². The zero-order chi connectivity index (χ0) is 24.9. The molecule has 4 atom stereocenters. The van der Waals surface area contributed by atoms with E-state index >= 15 is 0 Å². The van der Waals surface area contributed by atoms with Crippen LogP contribution < -0.4 is 0 Å². The summed E-state index contributed by atoms with van der Waals surface area (Å²) in [4.78, 5) is 12.0. The summed E-state index contributed by atoms with van der Waals surface area (Å²) < 4.78 is 10.5. The molecule has 6 heteroatoms. The number of esters is 1. The minimum Gasteiger partial charge on any atom is -0.457 e. The number of carbonyl (C=O) groups excluding carboxylic acids is 1. The molecule has 0 aromatic heterocycles. The van der Waals surface area contributed by atoms with Crippen molar-refractivity contribution in [2.75, 3.05) is 13.2 Å². The number of aliphatic hydroxyl groups is 3. The van der Waals surface area contributed by atoms with E-state index in [0.29, 0.717) is 6.42 Å². The molecule has 0 spiro atoms. The maximum absolute atomic E-state index is 12.0. The summed E-state index contributed by atoms with van der Waals surface area (Å²) in [6.07, 6.45) is 21.1. The molecule has 1 rings (SSSR count). The molecule has 0 unspecified atom stereocenters. The van der Waals surface area contributed by atoms with Crippen LogP contribution in [0.4, 0.5) is 0 Å². The standard InChI is InChI=1S/C28H54O6/c1-2-3-4-5-6-7-8-9-10-11-12-13-14-15-16-17-18-19-20-21-26(30)34-25-23-33-24(22-29)27(31)28(25)32/h24-25,27-29,31-32H,2-23H2,1H3/t24-,25-,27-,28-/m1/s1. The molecule has 0 aliphatic carbocycles. The first kappa shape index (κ1) is 31.3. The molecule has 0 saturated carbocycles. The van der Waals surface area contributed by atoms with Gasteiger partial charge in [0, 0.05) is 6.42 Å². The topological polar surface area (TPSA) is 96.2 Å². The highest BCUT2D eigenvalue weighted by Crippen LogP contribution is 2.19. The van der Waals surface area contributed by atoms with Gasteiger partial charge in [0.25, 0.3) is 0 Å². The van der Waals surface area contributed by atoms with E-state index in [1.807, 2.05) is 0 Å². The van der Waals surface area contributed by atoms with Gasteiger partial charge in [-0.2, -0.15) is 0 Å². The van der Waals surface area contributed by atoms with Gasteiger partial charge in [0.15, 0.2) is 6.10 Å². The van der Waals surface area contributed by atoms with E-state index in [1.54, 1.807) is 0 Å². The molecule has 1 aliphatic rings. The van der Waals surface area contributed by atoms with Gasteiger partial charge in [0.05, 0.1) is 13.2 Å². The van der Waals surface area contributed by atoms with Crippen molar-refractivity contribution in [2.45, 2.75) is 160 Å². The molecule has 0 amide bonds. The Balaban J connectivity index is 1.81. The van der Waals surface area contributed by atoms with Crippen LogP contribution in [0, 0.1) is 0 Å². The van der Waals surface area contributed by atoms with Crippen molar-refractivity contribution in [3.63, 3.8) is 0 Å². The fourth-order valence-corrected chi connectivity index (χ4v) is 4.70. The Morgan fingerprint density at radius 3 is 1.53 bits per heavy atom. The molecule has 1 aliphatic heterocycles. The third kappa shape index (κ3) is 15.3. The average molecular weight is 487 g/mol. The quantitative estimate of drug-likeness (QED) is 0.132. The van der Waals surface area contributed by atoms with Crippen LogP contribution in [0.15, 0.2) is 0 Å². The Hall–Kier alpha value is -0.690. The first-order valence-corrected chi connectivity index (χ1v) is 14.4. The van der Waals surface area contributed by atoms with Crippen LogP contribution >= 0.6 is 0 Å². The number of hydrogen-bond acceptors (Lipinski definition) is 6. The number of hydrogen-bond donors (Lipinski definition) is 3. The van der Waals surface area contributed by atoms with Crippen LogP contribution in [0.25, 0.3) is 0 Å². The van der Waals surface area contributed by atoms with Gasteiger partial charge in [-0.05, 0) is 6.42 Å². The maximum Gasteiger partial charge on any atom is 0.306 e. The summed E-state index contributed by atoms with van der Waals surface area (Å²) >= 11 is 0. The fraction of sp³-hybridized carbons (Fsp3) is 0.964. The van der Waals surface area contributed by atoms with Crippen LogP contribution in [0.1, 0.15) is 135 Å². The third-order valence-corrected chi connectivity index (χ3v) is 7.03. The van der Waals surface area contributed by atoms with Gasteiger partial charge in [-0.15, -0.1) is 0 Å². The van der Waals surface area contributed by atoms with Crippen molar-refractivity contribution in [2.24, 2.45) is 0 Å². The molecular formula is C28H54O6. The molecule has 0 bridgehead atoms. The van der Waals surface area contributed by atoms with Crippen LogP contribution in [0.3, 0.4) is 0 Å². The molecule has 202 valence electrons. The number of unbranched alkanes of at least 4 members (excludes halogenated alkanes) is 18. The summed E-state index contributed by atoms with van der Waals surface area (Å²) in [7, 11) is 0. The second kappa shape index (κ2) is 21.6. The van der Waals surface area contributed by atoms with E-state index in [0.717, 1.165) is 19.3 Å². The predicted molar refractivity (Wildman–Crippen MR) is 137 cm³/mol. The van der Waals surface area contributed by atoms with Gasteiger partial charge in [-0.3, -0.25) is 4.79 Å². The molecule has 0 aromatic rings. The molecule has 1 saturated heterocycles. The van der Waals surface area contributed by atoms with Gasteiger partial charge in [-0.1, -0.05) is 122 Å². The number of aliphatic hydroxyl groups excluding tert-OH is 3. The Kier molecular flexibility index (Phi) is 19.9. The predicted octanol–water partition coefficient (Wildman–Crippen LogP) is 5.83. The van der Waals surface area contributed by atoms with Gasteiger partial charge in [-0.25, -0.2) is 0 Å². The van der Waals surface area contributed by atoms with Crippen molar-refractivity contribution in [3.05, 3.63) is 0 Å². The minimum atomic E-state index is -1.24. The summed E-state index contributed by atoms with van der Waals surface area (Å²) in [5.74, 6) is -0.366. The lowest BCUT2D eigenvalue weighted by atomic mass is 10.0. The third-order valence-electron chi connectivity index (χ3n) is 7.03. The lowest BCUT2D eigenvalue weighted by molar-refractivity contribution is -0.210. The van der Waals surface area contributed by atoms with Crippen LogP contribution in [0.5, 0.6) is 0 Å². The zero-order valence-electron chi connectivity index (χ0n) is 21.9. The smallest absolute Gasteiger partial charge is 0.306 e. The summed E-state index contributed by atoms with van der Waals surface area (Å²) in [6.45, 7) is 1.89. The summed E-state index contributed by atoms with van der Waals surface area (Å²) in [5.41, 5.74) is 0. The first-order valence-electron chi connectivity index (χ1n) is 14.4. The number of carbonyl (C=O) groups is 1. The zero-order valence-corrected chi connectivity index (χ0v) is 21.9. The van der Waals surface area contributed by atoms with Gasteiger partial charge in [0.1, 0.15) is 18.3 Å². The molecule has 3 N–H and O–H groups in total. The van der Waals surface area contributed by atoms with Crippen molar-refractivity contribution in [3.8, 4) is 0 Å². The highest BCUT2D eigenvalue weighted by atomic mass is 16.6. The second-order valence-electron chi connectivity index (χ2n) is 10.2.